The largest absolute Gasteiger partial charge is 0.387 e. The van der Waals surface area contributed by atoms with Crippen LogP contribution >= 0.6 is 0 Å². The monoisotopic (exact) mass is 173 g/mol. The molecule has 0 amide bonds. The Morgan fingerprint density at radius 2 is 2.00 bits per heavy atom. The van der Waals surface area contributed by atoms with Crippen LogP contribution in [0.2, 0.25) is 0 Å². The second kappa shape index (κ2) is 3.25. The topological polar surface area (TPSA) is 12.0 Å². The van der Waals surface area contributed by atoms with E-state index < -0.39 is 0 Å². The molecule has 0 aromatic heterocycles. The zero-order valence-electron chi connectivity index (χ0n) is 8.17. The zero-order valence-corrected chi connectivity index (χ0v) is 8.17. The molecule has 0 spiro atoms. The average molecular weight is 173 g/mol. The van der Waals surface area contributed by atoms with Crippen LogP contribution in [-0.2, 0) is 6.54 Å². The molecule has 1 heterocycles. The number of hydrogen-bond donors (Lipinski definition) is 1. The molecule has 1 aliphatic heterocycles. The number of rotatable bonds is 1. The van der Waals surface area contributed by atoms with Crippen LogP contribution in [0.4, 0.5) is 0 Å². The van der Waals surface area contributed by atoms with Gasteiger partial charge in [-0.1, -0.05) is 38.1 Å². The normalized spacial score (nSPS) is 14.8. The van der Waals surface area contributed by atoms with Crippen LogP contribution in [0.25, 0.3) is 5.57 Å². The van der Waals surface area contributed by atoms with E-state index in [4.69, 9.17) is 0 Å². The smallest absolute Gasteiger partial charge is 0.0401 e. The summed E-state index contributed by atoms with van der Waals surface area (Å²) in [5.74, 6) is 0.592. The fourth-order valence-corrected chi connectivity index (χ4v) is 1.78. The Kier molecular flexibility index (Phi) is 2.09. The number of nitrogens with one attached hydrogen (secondary N) is 1. The van der Waals surface area contributed by atoms with Crippen molar-refractivity contribution in [1.82, 2.24) is 5.32 Å². The van der Waals surface area contributed by atoms with Crippen LogP contribution in [0.5, 0.6) is 0 Å². The molecule has 13 heavy (non-hydrogen) atoms. The zero-order chi connectivity index (χ0) is 9.26. The Hall–Kier alpha value is -1.24. The van der Waals surface area contributed by atoms with Crippen molar-refractivity contribution >= 4 is 5.57 Å². The van der Waals surface area contributed by atoms with Crippen LogP contribution in [0.3, 0.4) is 0 Å². The van der Waals surface area contributed by atoms with Gasteiger partial charge in [-0.15, -0.1) is 0 Å². The molecule has 0 bridgehead atoms. The van der Waals surface area contributed by atoms with Gasteiger partial charge in [0.2, 0.25) is 0 Å². The molecular formula is C12H15N. The highest BCUT2D eigenvalue weighted by Gasteiger charge is 2.13. The number of fused-ring (bicyclic) bond motifs is 1. The van der Waals surface area contributed by atoms with Crippen LogP contribution in [0.15, 0.2) is 30.5 Å². The first kappa shape index (κ1) is 8.36. The van der Waals surface area contributed by atoms with E-state index in [-0.39, 0.29) is 0 Å². The molecule has 0 aliphatic carbocycles. The van der Waals surface area contributed by atoms with E-state index >= 15 is 0 Å². The van der Waals surface area contributed by atoms with Gasteiger partial charge >= 0.3 is 0 Å². The van der Waals surface area contributed by atoms with Crippen molar-refractivity contribution in [3.63, 3.8) is 0 Å². The van der Waals surface area contributed by atoms with E-state index in [0.717, 1.165) is 6.54 Å². The van der Waals surface area contributed by atoms with Crippen LogP contribution < -0.4 is 5.32 Å². The molecule has 1 heteroatoms. The Bertz CT molecular complexity index is 337. The Morgan fingerprint density at radius 3 is 2.77 bits per heavy atom. The fraction of sp³-hybridized carbons (Fsp3) is 0.333. The number of allylic oxidation sites excluding steroid dienone is 1. The molecule has 1 nitrogen and oxygen atoms in total. The molecule has 0 saturated heterocycles. The third-order valence-corrected chi connectivity index (χ3v) is 2.50. The highest BCUT2D eigenvalue weighted by molar-refractivity contribution is 5.70. The predicted molar refractivity (Wildman–Crippen MR) is 56.1 cm³/mol. The minimum Gasteiger partial charge on any atom is -0.387 e. The van der Waals surface area contributed by atoms with Gasteiger partial charge in [0.15, 0.2) is 0 Å². The van der Waals surface area contributed by atoms with E-state index in [1.54, 1.807) is 0 Å². The molecule has 0 radical (unpaired) electrons. The maximum absolute atomic E-state index is 3.31. The summed E-state index contributed by atoms with van der Waals surface area (Å²) in [6.45, 7) is 5.43. The van der Waals surface area contributed by atoms with Gasteiger partial charge in [-0.3, -0.25) is 0 Å². The summed E-state index contributed by atoms with van der Waals surface area (Å²) in [5.41, 5.74) is 4.24. The molecule has 1 N–H and O–H groups in total. The van der Waals surface area contributed by atoms with Gasteiger partial charge in [-0.2, -0.15) is 0 Å². The standard InChI is InChI=1S/C12H15N/c1-9(2)12-8-13-7-10-5-3-4-6-11(10)12/h3-6,8-9,13H,7H2,1-2H3. The summed E-state index contributed by atoms with van der Waals surface area (Å²) in [6, 6.07) is 8.61. The van der Waals surface area contributed by atoms with Gasteiger partial charge in [0, 0.05) is 12.7 Å². The van der Waals surface area contributed by atoms with Gasteiger partial charge in [0.05, 0.1) is 0 Å². The minimum absolute atomic E-state index is 0.592. The molecule has 0 saturated carbocycles. The molecular weight excluding hydrogens is 158 g/mol. The third-order valence-electron chi connectivity index (χ3n) is 2.50. The predicted octanol–water partition coefficient (Wildman–Crippen LogP) is 2.79. The van der Waals surface area contributed by atoms with Crippen LogP contribution in [0, 0.1) is 5.92 Å². The minimum atomic E-state index is 0.592. The van der Waals surface area contributed by atoms with Crippen LogP contribution in [-0.4, -0.2) is 0 Å². The lowest BCUT2D eigenvalue weighted by Gasteiger charge is -2.21. The highest BCUT2D eigenvalue weighted by atomic mass is 14.8. The summed E-state index contributed by atoms with van der Waals surface area (Å²) < 4.78 is 0. The third kappa shape index (κ3) is 1.46. The van der Waals surface area contributed by atoms with Crippen molar-refractivity contribution in [2.75, 3.05) is 0 Å². The summed E-state index contributed by atoms with van der Waals surface area (Å²) in [4.78, 5) is 0. The van der Waals surface area contributed by atoms with Crippen molar-refractivity contribution in [3.05, 3.63) is 41.6 Å². The van der Waals surface area contributed by atoms with Crippen molar-refractivity contribution in [3.8, 4) is 0 Å². The van der Waals surface area contributed by atoms with Crippen molar-refractivity contribution in [2.24, 2.45) is 5.92 Å². The quantitative estimate of drug-likeness (QED) is 0.688. The van der Waals surface area contributed by atoms with E-state index in [2.05, 4.69) is 49.6 Å². The first-order chi connectivity index (χ1) is 6.29. The van der Waals surface area contributed by atoms with E-state index in [1.807, 2.05) is 0 Å². The van der Waals surface area contributed by atoms with Crippen molar-refractivity contribution in [1.29, 1.82) is 0 Å². The Morgan fingerprint density at radius 1 is 1.23 bits per heavy atom. The van der Waals surface area contributed by atoms with Gasteiger partial charge in [0.1, 0.15) is 0 Å². The molecule has 68 valence electrons. The lowest BCUT2D eigenvalue weighted by Crippen LogP contribution is -2.15. The molecule has 1 aliphatic rings. The highest BCUT2D eigenvalue weighted by Crippen LogP contribution is 2.27. The van der Waals surface area contributed by atoms with E-state index in [0.29, 0.717) is 5.92 Å². The Labute approximate surface area is 79.5 Å². The summed E-state index contributed by atoms with van der Waals surface area (Å²) in [6.07, 6.45) is 2.15. The molecule has 1 aromatic rings. The van der Waals surface area contributed by atoms with E-state index in [1.165, 1.54) is 16.7 Å². The molecule has 2 rings (SSSR count). The molecule has 0 unspecified atom stereocenters. The second-order valence-corrected chi connectivity index (χ2v) is 3.79. The summed E-state index contributed by atoms with van der Waals surface area (Å²) in [7, 11) is 0. The molecule has 0 atom stereocenters. The average Bonchev–Trinajstić information content (AvgIpc) is 2.17. The molecule has 1 aromatic carbocycles. The lowest BCUT2D eigenvalue weighted by molar-refractivity contribution is 0.791. The van der Waals surface area contributed by atoms with Crippen molar-refractivity contribution in [2.45, 2.75) is 20.4 Å². The summed E-state index contributed by atoms with van der Waals surface area (Å²) in [5, 5.41) is 3.31. The second-order valence-electron chi connectivity index (χ2n) is 3.79. The first-order valence-electron chi connectivity index (χ1n) is 4.81. The van der Waals surface area contributed by atoms with Gasteiger partial charge in [-0.05, 0) is 22.6 Å². The maximum atomic E-state index is 3.31. The number of benzene rings is 1. The fourth-order valence-electron chi connectivity index (χ4n) is 1.78. The van der Waals surface area contributed by atoms with Gasteiger partial charge in [0.25, 0.3) is 0 Å². The van der Waals surface area contributed by atoms with E-state index in [9.17, 15) is 0 Å². The number of hydrogen-bond acceptors (Lipinski definition) is 1. The summed E-state index contributed by atoms with van der Waals surface area (Å²) >= 11 is 0. The van der Waals surface area contributed by atoms with Crippen molar-refractivity contribution < 1.29 is 0 Å². The SMILES string of the molecule is CC(C)C1=CNCc2ccccc21. The maximum Gasteiger partial charge on any atom is 0.0401 e. The molecule has 0 fully saturated rings. The first-order valence-corrected chi connectivity index (χ1v) is 4.81. The van der Waals surface area contributed by atoms with Gasteiger partial charge < -0.3 is 5.32 Å². The van der Waals surface area contributed by atoms with Crippen LogP contribution in [0.1, 0.15) is 25.0 Å². The van der Waals surface area contributed by atoms with Gasteiger partial charge in [-0.25, -0.2) is 0 Å². The lowest BCUT2D eigenvalue weighted by atomic mass is 9.90. The Balaban J connectivity index is 2.47.